The zero-order chi connectivity index (χ0) is 24.5. The molecule has 0 saturated carbocycles. The molecule has 3 rings (SSSR count). The molecule has 6 nitrogen and oxygen atoms in total. The third-order valence-corrected chi connectivity index (χ3v) is 6.32. The SMILES string of the molecule is C/C=C\C(COC1CC2CCC(C1)N2CC(F)Cn1nc(C)n(CCF)c1=O)=C(/C)F.CC. The molecule has 33 heavy (non-hydrogen) atoms. The Kier molecular flexibility index (Phi) is 10.9. The Balaban J connectivity index is 0.00000187. The molecule has 2 fully saturated rings. The van der Waals surface area contributed by atoms with E-state index in [1.807, 2.05) is 20.8 Å². The molecule has 2 saturated heterocycles. The number of hydrogen-bond donors (Lipinski definition) is 0. The predicted octanol–water partition coefficient (Wildman–Crippen LogP) is 4.52. The third kappa shape index (κ3) is 7.06. The molecule has 0 N–H and O–H groups in total. The lowest BCUT2D eigenvalue weighted by Crippen LogP contribution is -2.48. The third-order valence-electron chi connectivity index (χ3n) is 6.32. The van der Waals surface area contributed by atoms with Crippen LogP contribution in [0, 0.1) is 6.92 Å². The summed E-state index contributed by atoms with van der Waals surface area (Å²) < 4.78 is 49.4. The zero-order valence-corrected chi connectivity index (χ0v) is 20.6. The van der Waals surface area contributed by atoms with E-state index < -0.39 is 18.5 Å². The van der Waals surface area contributed by atoms with Crippen molar-refractivity contribution in [3.63, 3.8) is 0 Å². The summed E-state index contributed by atoms with van der Waals surface area (Å²) in [6, 6.07) is 0.454. The largest absolute Gasteiger partial charge is 0.373 e. The standard InChI is InChI=1S/C22H33F3N4O2.C2H6/c1-4-5-17(15(2)24)14-31-21-10-19-6-7-20(11-21)28(19)12-18(25)13-29-22(30)27(9-8-23)16(3)26-29;1-2/h4-5,18-21H,6-14H2,1-3H3;1-2H3/b5-4-,17-15-;. The monoisotopic (exact) mass is 472 g/mol. The molecule has 0 aliphatic carbocycles. The van der Waals surface area contributed by atoms with Gasteiger partial charge in [-0.2, -0.15) is 5.10 Å². The number of nitrogens with zero attached hydrogens (tertiary/aromatic N) is 4. The zero-order valence-electron chi connectivity index (χ0n) is 20.6. The fraction of sp³-hybridized carbons (Fsp3) is 0.750. The van der Waals surface area contributed by atoms with Gasteiger partial charge < -0.3 is 4.74 Å². The highest BCUT2D eigenvalue weighted by molar-refractivity contribution is 5.21. The van der Waals surface area contributed by atoms with Crippen molar-refractivity contribution in [3.05, 3.63) is 39.9 Å². The Bertz CT molecular complexity index is 846. The number of aryl methyl sites for hydroxylation is 1. The maximum Gasteiger partial charge on any atom is 0.346 e. The molecule has 1 aromatic heterocycles. The van der Waals surface area contributed by atoms with E-state index >= 15 is 0 Å². The average Bonchev–Trinajstić information content (AvgIpc) is 3.17. The number of allylic oxidation sites excluding steroid dienone is 2. The number of rotatable bonds is 10. The van der Waals surface area contributed by atoms with Crippen molar-refractivity contribution in [1.82, 2.24) is 19.2 Å². The predicted molar refractivity (Wildman–Crippen MR) is 125 cm³/mol. The smallest absolute Gasteiger partial charge is 0.346 e. The van der Waals surface area contributed by atoms with Crippen LogP contribution >= 0.6 is 0 Å². The minimum atomic E-state index is -1.25. The van der Waals surface area contributed by atoms with Crippen LogP contribution in [0.3, 0.4) is 0 Å². The quantitative estimate of drug-likeness (QED) is 0.470. The van der Waals surface area contributed by atoms with E-state index in [4.69, 9.17) is 4.74 Å². The first kappa shape index (κ1) is 27.4. The Morgan fingerprint density at radius 2 is 1.88 bits per heavy atom. The number of fused-ring (bicyclic) bond motifs is 2. The summed E-state index contributed by atoms with van der Waals surface area (Å²) in [4.78, 5) is 14.5. The molecular formula is C24H39F3N4O2. The van der Waals surface area contributed by atoms with Crippen LogP contribution in [0.25, 0.3) is 0 Å². The van der Waals surface area contributed by atoms with E-state index in [0.717, 1.165) is 30.4 Å². The van der Waals surface area contributed by atoms with Gasteiger partial charge in [0.15, 0.2) is 0 Å². The molecule has 0 amide bonds. The van der Waals surface area contributed by atoms with E-state index in [1.54, 1.807) is 19.1 Å². The molecule has 2 aliphatic heterocycles. The summed E-state index contributed by atoms with van der Waals surface area (Å²) in [6.45, 7) is 8.50. The van der Waals surface area contributed by atoms with Gasteiger partial charge in [-0.25, -0.2) is 22.6 Å². The van der Waals surface area contributed by atoms with Crippen molar-refractivity contribution < 1.29 is 17.9 Å². The lowest BCUT2D eigenvalue weighted by Gasteiger charge is -2.39. The van der Waals surface area contributed by atoms with Gasteiger partial charge in [-0.05, 0) is 46.5 Å². The van der Waals surface area contributed by atoms with Crippen LogP contribution in [0.15, 0.2) is 28.3 Å². The molecule has 188 valence electrons. The molecule has 1 aromatic rings. The number of halogens is 3. The first-order valence-corrected chi connectivity index (χ1v) is 12.0. The second-order valence-electron chi connectivity index (χ2n) is 8.49. The Labute approximate surface area is 195 Å². The summed E-state index contributed by atoms with van der Waals surface area (Å²) in [5.74, 6) is 0.154. The lowest BCUT2D eigenvalue weighted by atomic mass is 9.99. The molecule has 2 bridgehead atoms. The van der Waals surface area contributed by atoms with Gasteiger partial charge in [0.05, 0.1) is 25.8 Å². The van der Waals surface area contributed by atoms with Gasteiger partial charge >= 0.3 is 5.69 Å². The summed E-state index contributed by atoms with van der Waals surface area (Å²) in [6.07, 6.45) is 5.87. The number of ether oxygens (including phenoxy) is 1. The average molecular weight is 473 g/mol. The Morgan fingerprint density at radius 1 is 1.24 bits per heavy atom. The molecule has 3 heterocycles. The molecule has 9 heteroatoms. The highest BCUT2D eigenvalue weighted by atomic mass is 19.1. The minimum Gasteiger partial charge on any atom is -0.373 e. The van der Waals surface area contributed by atoms with Gasteiger partial charge in [0.25, 0.3) is 0 Å². The maximum absolute atomic E-state index is 14.9. The topological polar surface area (TPSA) is 52.3 Å². The molecule has 0 spiro atoms. The molecule has 0 aromatic carbocycles. The van der Waals surface area contributed by atoms with E-state index in [0.29, 0.717) is 11.4 Å². The van der Waals surface area contributed by atoms with Gasteiger partial charge in [-0.3, -0.25) is 9.47 Å². The van der Waals surface area contributed by atoms with Crippen molar-refractivity contribution in [1.29, 1.82) is 0 Å². The lowest BCUT2D eigenvalue weighted by molar-refractivity contribution is -0.0186. The van der Waals surface area contributed by atoms with Gasteiger partial charge in [-0.15, -0.1) is 0 Å². The number of aromatic nitrogens is 3. The van der Waals surface area contributed by atoms with E-state index in [2.05, 4.69) is 10.00 Å². The molecular weight excluding hydrogens is 433 g/mol. The molecule has 3 unspecified atom stereocenters. The van der Waals surface area contributed by atoms with Gasteiger partial charge in [-0.1, -0.05) is 26.0 Å². The van der Waals surface area contributed by atoms with E-state index in [1.165, 1.54) is 11.5 Å². The van der Waals surface area contributed by atoms with Crippen LogP contribution in [0.2, 0.25) is 0 Å². The van der Waals surface area contributed by atoms with Crippen LogP contribution in [0.4, 0.5) is 13.2 Å². The van der Waals surface area contributed by atoms with Crippen molar-refractivity contribution in [2.24, 2.45) is 0 Å². The summed E-state index contributed by atoms with van der Waals surface area (Å²) >= 11 is 0. The van der Waals surface area contributed by atoms with Crippen molar-refractivity contribution in [3.8, 4) is 0 Å². The first-order valence-electron chi connectivity index (χ1n) is 12.0. The normalized spacial score (nSPS) is 24.5. The van der Waals surface area contributed by atoms with Gasteiger partial charge in [0.1, 0.15) is 24.5 Å². The second-order valence-corrected chi connectivity index (χ2v) is 8.49. The number of alkyl halides is 2. The molecule has 3 atom stereocenters. The van der Waals surface area contributed by atoms with Crippen LogP contribution in [-0.2, 0) is 17.8 Å². The van der Waals surface area contributed by atoms with E-state index in [-0.39, 0.29) is 50.3 Å². The van der Waals surface area contributed by atoms with Crippen molar-refractivity contribution in [2.75, 3.05) is 19.8 Å². The second kappa shape index (κ2) is 13.1. The van der Waals surface area contributed by atoms with Gasteiger partial charge in [0, 0.05) is 24.2 Å². The summed E-state index contributed by atoms with van der Waals surface area (Å²) in [7, 11) is 0. The van der Waals surface area contributed by atoms with Crippen LogP contribution < -0.4 is 5.69 Å². The van der Waals surface area contributed by atoms with E-state index in [9.17, 15) is 18.0 Å². The van der Waals surface area contributed by atoms with Crippen molar-refractivity contribution in [2.45, 2.75) is 97.8 Å². The van der Waals surface area contributed by atoms with Crippen LogP contribution in [0.1, 0.15) is 59.2 Å². The van der Waals surface area contributed by atoms with Crippen molar-refractivity contribution >= 4 is 0 Å². The molecule has 0 radical (unpaired) electrons. The minimum absolute atomic E-state index is 0.0353. The molecule has 2 aliphatic rings. The Hall–Kier alpha value is -1.87. The number of hydrogen-bond acceptors (Lipinski definition) is 4. The summed E-state index contributed by atoms with van der Waals surface area (Å²) in [5.41, 5.74) is 0.0788. The fourth-order valence-corrected chi connectivity index (χ4v) is 4.81. The van der Waals surface area contributed by atoms with Crippen LogP contribution in [-0.4, -0.2) is 63.4 Å². The van der Waals surface area contributed by atoms with Crippen LogP contribution in [0.5, 0.6) is 0 Å². The Morgan fingerprint density at radius 3 is 2.42 bits per heavy atom. The van der Waals surface area contributed by atoms with Gasteiger partial charge in [0.2, 0.25) is 0 Å². The highest BCUT2D eigenvalue weighted by Crippen LogP contribution is 2.37. The summed E-state index contributed by atoms with van der Waals surface area (Å²) in [5, 5.41) is 4.08. The number of piperidine rings is 1. The fourth-order valence-electron chi connectivity index (χ4n) is 4.81. The highest BCUT2D eigenvalue weighted by Gasteiger charge is 2.42. The maximum atomic E-state index is 14.9. The first-order chi connectivity index (χ1) is 15.8.